The van der Waals surface area contributed by atoms with Crippen LogP contribution in [0.3, 0.4) is 0 Å². The highest BCUT2D eigenvalue weighted by Crippen LogP contribution is 2.29. The smallest absolute Gasteiger partial charge is 0.252 e. The van der Waals surface area contributed by atoms with Crippen molar-refractivity contribution in [3.05, 3.63) is 41.5 Å². The van der Waals surface area contributed by atoms with E-state index in [9.17, 15) is 9.18 Å². The molecule has 1 fully saturated rings. The predicted octanol–water partition coefficient (Wildman–Crippen LogP) is 2.93. The van der Waals surface area contributed by atoms with Crippen molar-refractivity contribution >= 4 is 34.3 Å². The molecule has 1 unspecified atom stereocenters. The van der Waals surface area contributed by atoms with Crippen molar-refractivity contribution in [3.63, 3.8) is 0 Å². The zero-order chi connectivity index (χ0) is 20.5. The second kappa shape index (κ2) is 7.67. The van der Waals surface area contributed by atoms with E-state index in [1.54, 1.807) is 6.20 Å². The number of primary amides is 1. The quantitative estimate of drug-likeness (QED) is 0.449. The van der Waals surface area contributed by atoms with Gasteiger partial charge in [-0.3, -0.25) is 4.79 Å². The van der Waals surface area contributed by atoms with Crippen molar-refractivity contribution in [1.29, 1.82) is 0 Å². The first-order valence-corrected chi connectivity index (χ1v) is 9.66. The Morgan fingerprint density at radius 3 is 2.79 bits per heavy atom. The molecule has 0 aromatic carbocycles. The number of anilines is 3. The first-order valence-electron chi connectivity index (χ1n) is 9.66. The normalized spacial score (nSPS) is 19.3. The summed E-state index contributed by atoms with van der Waals surface area (Å²) >= 11 is 0. The zero-order valence-electron chi connectivity index (χ0n) is 16.1. The van der Waals surface area contributed by atoms with Gasteiger partial charge in [0.1, 0.15) is 11.5 Å². The molecule has 3 aromatic heterocycles. The van der Waals surface area contributed by atoms with Gasteiger partial charge in [-0.05, 0) is 38.0 Å². The molecule has 1 amide bonds. The van der Waals surface area contributed by atoms with Gasteiger partial charge in [0.2, 0.25) is 0 Å². The minimum Gasteiger partial charge on any atom is -0.365 e. The molecule has 8 nitrogen and oxygen atoms in total. The minimum absolute atomic E-state index is 0.0286. The Hall–Kier alpha value is -3.20. The van der Waals surface area contributed by atoms with E-state index in [1.807, 2.05) is 19.1 Å². The molecular formula is C20H24FN7O. The summed E-state index contributed by atoms with van der Waals surface area (Å²) in [5.74, 6) is -1.18. The number of aryl methyl sites for hydroxylation is 1. The average molecular weight is 397 g/mol. The fourth-order valence-electron chi connectivity index (χ4n) is 3.78. The van der Waals surface area contributed by atoms with E-state index < -0.39 is 11.7 Å². The van der Waals surface area contributed by atoms with Gasteiger partial charge in [0, 0.05) is 29.4 Å². The van der Waals surface area contributed by atoms with Crippen molar-refractivity contribution < 1.29 is 9.18 Å². The number of hydrogen-bond acceptors (Lipinski definition) is 6. The number of aromatic amines is 1. The van der Waals surface area contributed by atoms with Crippen LogP contribution in [-0.4, -0.2) is 32.9 Å². The Labute approximate surface area is 167 Å². The number of hydrogen-bond donors (Lipinski definition) is 5. The molecule has 3 heterocycles. The van der Waals surface area contributed by atoms with Gasteiger partial charge in [-0.2, -0.15) is 0 Å². The van der Waals surface area contributed by atoms with Gasteiger partial charge >= 0.3 is 0 Å². The lowest BCUT2D eigenvalue weighted by molar-refractivity contribution is 0.100. The lowest BCUT2D eigenvalue weighted by atomic mass is 9.91. The average Bonchev–Trinajstić information content (AvgIpc) is 3.14. The maximum Gasteiger partial charge on any atom is 0.252 e. The monoisotopic (exact) mass is 397 g/mol. The second-order valence-corrected chi connectivity index (χ2v) is 7.45. The van der Waals surface area contributed by atoms with Gasteiger partial charge < -0.3 is 27.1 Å². The first kappa shape index (κ1) is 19.1. The molecule has 0 aliphatic heterocycles. The molecule has 0 bridgehead atoms. The summed E-state index contributed by atoms with van der Waals surface area (Å²) < 4.78 is 14.7. The Morgan fingerprint density at radius 1 is 1.24 bits per heavy atom. The molecule has 4 rings (SSSR count). The van der Waals surface area contributed by atoms with Gasteiger partial charge in [-0.1, -0.05) is 12.8 Å². The van der Waals surface area contributed by atoms with E-state index in [0.29, 0.717) is 11.3 Å². The number of pyridine rings is 2. The predicted molar refractivity (Wildman–Crippen MR) is 111 cm³/mol. The third-order valence-electron chi connectivity index (χ3n) is 5.29. The maximum absolute atomic E-state index is 14.7. The Bertz CT molecular complexity index is 1060. The molecule has 9 heteroatoms. The molecule has 2 atom stereocenters. The van der Waals surface area contributed by atoms with Crippen molar-refractivity contribution in [3.8, 4) is 0 Å². The number of nitrogens with zero attached hydrogens (tertiary/aromatic N) is 2. The van der Waals surface area contributed by atoms with Gasteiger partial charge in [0.25, 0.3) is 5.91 Å². The summed E-state index contributed by atoms with van der Waals surface area (Å²) in [4.78, 5) is 23.7. The van der Waals surface area contributed by atoms with Crippen molar-refractivity contribution in [1.82, 2.24) is 15.0 Å². The Kier molecular flexibility index (Phi) is 5.06. The summed E-state index contributed by atoms with van der Waals surface area (Å²) in [5.41, 5.74) is 13.8. The first-order chi connectivity index (χ1) is 13.9. The van der Waals surface area contributed by atoms with Crippen LogP contribution in [0.2, 0.25) is 0 Å². The van der Waals surface area contributed by atoms with Gasteiger partial charge in [0.15, 0.2) is 11.6 Å². The highest BCUT2D eigenvalue weighted by molar-refractivity contribution is 6.00. The number of halogens is 1. The number of rotatable bonds is 5. The molecule has 1 saturated carbocycles. The van der Waals surface area contributed by atoms with Crippen molar-refractivity contribution in [2.24, 2.45) is 11.5 Å². The molecule has 7 N–H and O–H groups in total. The standard InChI is InChI=1S/C20H24FN7O/c1-10-8-16(11-6-7-24-18(11)25-10)27-19-12(17(23)29)9-13(21)20(28-19)26-15-5-3-2-4-14(15)22/h6-9,14-15H,2-5,22H2,1H3,(H2,23,29)(H3,24,25,26,27,28)/t14-,15?/m0/s1. The summed E-state index contributed by atoms with van der Waals surface area (Å²) in [6.07, 6.45) is 5.59. The number of carbonyl (C=O) groups excluding carboxylic acids is 1. The fourth-order valence-corrected chi connectivity index (χ4v) is 3.78. The third kappa shape index (κ3) is 3.86. The number of nitrogens with two attached hydrogens (primary N) is 2. The van der Waals surface area contributed by atoms with Crippen molar-refractivity contribution in [2.75, 3.05) is 10.6 Å². The van der Waals surface area contributed by atoms with Crippen LogP contribution in [0.1, 0.15) is 41.7 Å². The SMILES string of the molecule is Cc1cc(Nc2nc(NC3CCCC[C@@H]3N)c(F)cc2C(N)=O)c2cc[nH]c2n1. The molecule has 152 valence electrons. The maximum atomic E-state index is 14.7. The van der Waals surface area contributed by atoms with E-state index in [0.717, 1.165) is 42.8 Å². The summed E-state index contributed by atoms with van der Waals surface area (Å²) in [5, 5.41) is 7.06. The third-order valence-corrected chi connectivity index (χ3v) is 5.29. The van der Waals surface area contributed by atoms with Crippen LogP contribution in [0.4, 0.5) is 21.7 Å². The molecule has 0 radical (unpaired) electrons. The number of H-pyrrole nitrogens is 1. The van der Waals surface area contributed by atoms with Crippen LogP contribution in [0, 0.1) is 12.7 Å². The summed E-state index contributed by atoms with van der Waals surface area (Å²) in [6, 6.07) is 4.65. The lowest BCUT2D eigenvalue weighted by Crippen LogP contribution is -2.43. The summed E-state index contributed by atoms with van der Waals surface area (Å²) in [7, 11) is 0. The van der Waals surface area contributed by atoms with Crippen LogP contribution < -0.4 is 22.1 Å². The Balaban J connectivity index is 1.72. The van der Waals surface area contributed by atoms with Crippen LogP contribution in [0.15, 0.2) is 24.4 Å². The van der Waals surface area contributed by atoms with Crippen LogP contribution in [0.5, 0.6) is 0 Å². The number of aromatic nitrogens is 3. The van der Waals surface area contributed by atoms with Gasteiger partial charge in [-0.25, -0.2) is 14.4 Å². The van der Waals surface area contributed by atoms with Crippen LogP contribution >= 0.6 is 0 Å². The van der Waals surface area contributed by atoms with Gasteiger partial charge in [-0.15, -0.1) is 0 Å². The minimum atomic E-state index is -0.768. The Morgan fingerprint density at radius 2 is 2.03 bits per heavy atom. The van der Waals surface area contributed by atoms with E-state index in [-0.39, 0.29) is 29.3 Å². The molecule has 0 spiro atoms. The molecular weight excluding hydrogens is 373 g/mol. The molecule has 0 saturated heterocycles. The second-order valence-electron chi connectivity index (χ2n) is 7.45. The molecule has 1 aliphatic rings. The van der Waals surface area contributed by atoms with Crippen LogP contribution in [-0.2, 0) is 0 Å². The molecule has 3 aromatic rings. The van der Waals surface area contributed by atoms with E-state index in [2.05, 4.69) is 25.6 Å². The van der Waals surface area contributed by atoms with Crippen LogP contribution in [0.25, 0.3) is 11.0 Å². The lowest BCUT2D eigenvalue weighted by Gasteiger charge is -2.30. The highest BCUT2D eigenvalue weighted by atomic mass is 19.1. The number of nitrogens with one attached hydrogen (secondary N) is 3. The molecule has 29 heavy (non-hydrogen) atoms. The summed E-state index contributed by atoms with van der Waals surface area (Å²) in [6.45, 7) is 1.86. The number of carbonyl (C=O) groups is 1. The number of fused-ring (bicyclic) bond motifs is 1. The molecule has 1 aliphatic carbocycles. The topological polar surface area (TPSA) is 135 Å². The van der Waals surface area contributed by atoms with Crippen molar-refractivity contribution in [2.45, 2.75) is 44.7 Å². The highest BCUT2D eigenvalue weighted by Gasteiger charge is 2.24. The number of amides is 1. The largest absolute Gasteiger partial charge is 0.365 e. The fraction of sp³-hybridized carbons (Fsp3) is 0.350. The zero-order valence-corrected chi connectivity index (χ0v) is 16.1. The van der Waals surface area contributed by atoms with E-state index in [4.69, 9.17) is 11.5 Å². The van der Waals surface area contributed by atoms with Gasteiger partial charge in [0.05, 0.1) is 11.3 Å². The van der Waals surface area contributed by atoms with E-state index >= 15 is 0 Å². The van der Waals surface area contributed by atoms with E-state index in [1.165, 1.54) is 0 Å².